The predicted octanol–water partition coefficient (Wildman–Crippen LogP) is 6.26. The van der Waals surface area contributed by atoms with Crippen LogP contribution in [0.4, 0.5) is 15.8 Å². The molecule has 0 saturated carbocycles. The van der Waals surface area contributed by atoms with Gasteiger partial charge in [-0.3, -0.25) is 4.98 Å². The van der Waals surface area contributed by atoms with Gasteiger partial charge in [-0.25, -0.2) is 9.37 Å². The second kappa shape index (κ2) is 11.2. The zero-order valence-corrected chi connectivity index (χ0v) is 21.1. The van der Waals surface area contributed by atoms with Gasteiger partial charge in [0.05, 0.1) is 39.8 Å². The lowest BCUT2D eigenvalue weighted by Crippen LogP contribution is -2.15. The first-order valence-corrected chi connectivity index (χ1v) is 12.4. The normalized spacial score (nSPS) is 14.9. The monoisotopic (exact) mass is 537 g/mol. The number of aromatic nitrogens is 2. The molecule has 188 valence electrons. The Balaban J connectivity index is 1.37. The largest absolute Gasteiger partial charge is 0.490 e. The number of benzene rings is 2. The van der Waals surface area contributed by atoms with Crippen LogP contribution in [0.2, 0.25) is 10.2 Å². The second-order valence-corrected chi connectivity index (χ2v) is 9.43. The molecule has 37 heavy (non-hydrogen) atoms. The first-order chi connectivity index (χ1) is 18.0. The van der Waals surface area contributed by atoms with Crippen LogP contribution in [0.3, 0.4) is 0 Å². The summed E-state index contributed by atoms with van der Waals surface area (Å²) < 4.78 is 26.5. The molecular weight excluding hydrogens is 516 g/mol. The number of pyridine rings is 2. The zero-order chi connectivity index (χ0) is 25.8. The molecule has 1 unspecified atom stereocenters. The second-order valence-electron chi connectivity index (χ2n) is 8.64. The van der Waals surface area contributed by atoms with Gasteiger partial charge in [-0.1, -0.05) is 29.3 Å². The molecule has 0 amide bonds. The highest BCUT2D eigenvalue weighted by Crippen LogP contribution is 2.36. The fourth-order valence-electron chi connectivity index (χ4n) is 4.10. The molecule has 1 fully saturated rings. The molecule has 3 heterocycles. The Morgan fingerprint density at radius 1 is 1.16 bits per heavy atom. The lowest BCUT2D eigenvalue weighted by Gasteiger charge is -2.16. The summed E-state index contributed by atoms with van der Waals surface area (Å²) in [4.78, 5) is 8.53. The van der Waals surface area contributed by atoms with E-state index in [2.05, 4.69) is 26.7 Å². The summed E-state index contributed by atoms with van der Waals surface area (Å²) in [6.45, 7) is 2.44. The molecule has 1 saturated heterocycles. The third-order valence-electron chi connectivity index (χ3n) is 6.04. The molecule has 0 radical (unpaired) electrons. The maximum Gasteiger partial charge on any atom is 0.165 e. The fourth-order valence-corrected chi connectivity index (χ4v) is 4.50. The number of fused-ring (bicyclic) bond motifs is 1. The van der Waals surface area contributed by atoms with Crippen molar-refractivity contribution in [3.8, 4) is 17.6 Å². The summed E-state index contributed by atoms with van der Waals surface area (Å²) in [6.07, 6.45) is 2.44. The molecule has 1 aliphatic rings. The van der Waals surface area contributed by atoms with Gasteiger partial charge in [-0.15, -0.1) is 0 Å². The number of hydrogen-bond donors (Lipinski definition) is 2. The highest BCUT2D eigenvalue weighted by Gasteiger charge is 2.18. The predicted molar refractivity (Wildman–Crippen MR) is 141 cm³/mol. The van der Waals surface area contributed by atoms with Crippen LogP contribution in [-0.4, -0.2) is 29.7 Å². The maximum absolute atomic E-state index is 15.0. The van der Waals surface area contributed by atoms with Crippen molar-refractivity contribution in [2.45, 2.75) is 13.0 Å². The Morgan fingerprint density at radius 3 is 2.81 bits per heavy atom. The number of anilines is 2. The summed E-state index contributed by atoms with van der Waals surface area (Å²) in [5, 5.41) is 17.3. The van der Waals surface area contributed by atoms with Crippen molar-refractivity contribution in [2.24, 2.45) is 5.92 Å². The average Bonchev–Trinajstić information content (AvgIpc) is 3.42. The van der Waals surface area contributed by atoms with E-state index >= 15 is 0 Å². The molecular formula is C27H22Cl2FN5O2. The van der Waals surface area contributed by atoms with Gasteiger partial charge >= 0.3 is 0 Å². The van der Waals surface area contributed by atoms with Gasteiger partial charge in [0.2, 0.25) is 0 Å². The molecule has 7 nitrogen and oxygen atoms in total. The van der Waals surface area contributed by atoms with Crippen LogP contribution in [-0.2, 0) is 6.61 Å². The molecule has 1 aliphatic heterocycles. The lowest BCUT2D eigenvalue weighted by molar-refractivity contribution is 0.250. The average molecular weight is 538 g/mol. The number of hydrogen-bond acceptors (Lipinski definition) is 7. The lowest BCUT2D eigenvalue weighted by atomic mass is 10.1. The molecule has 0 bridgehead atoms. The Labute approximate surface area is 223 Å². The minimum absolute atomic E-state index is 0.135. The van der Waals surface area contributed by atoms with Crippen LogP contribution in [0.1, 0.15) is 17.7 Å². The molecule has 4 aromatic rings. The van der Waals surface area contributed by atoms with E-state index in [1.807, 2.05) is 6.07 Å². The van der Waals surface area contributed by atoms with Gasteiger partial charge in [-0.2, -0.15) is 5.26 Å². The highest BCUT2D eigenvalue weighted by molar-refractivity contribution is 6.33. The van der Waals surface area contributed by atoms with Gasteiger partial charge in [0.15, 0.2) is 11.6 Å². The minimum Gasteiger partial charge on any atom is -0.490 e. The standard InChI is InChI=1S/C27H22Cl2FN5O2/c28-21-8-19(36-15-18-2-1-3-26(29)34-18)4-5-23(21)35-27-17(11-31)13-33-24-10-25(22(30)9-20(24)27)37-14-16-6-7-32-12-16/h1-5,8-10,13,16,32H,6-7,12,14-15H2,(H,33,35). The van der Waals surface area contributed by atoms with Gasteiger partial charge in [0.1, 0.15) is 23.6 Å². The summed E-state index contributed by atoms with van der Waals surface area (Å²) in [7, 11) is 0. The summed E-state index contributed by atoms with van der Waals surface area (Å²) >= 11 is 12.4. The summed E-state index contributed by atoms with van der Waals surface area (Å²) in [6, 6.07) is 15.4. The van der Waals surface area contributed by atoms with Crippen LogP contribution in [0.5, 0.6) is 11.5 Å². The van der Waals surface area contributed by atoms with Crippen LogP contribution in [0.15, 0.2) is 54.7 Å². The van der Waals surface area contributed by atoms with Gasteiger partial charge in [0, 0.05) is 36.2 Å². The molecule has 5 rings (SSSR count). The number of ether oxygens (including phenoxy) is 2. The van der Waals surface area contributed by atoms with Gasteiger partial charge in [0.25, 0.3) is 0 Å². The molecule has 1 atom stereocenters. The van der Waals surface area contributed by atoms with Crippen molar-refractivity contribution >= 4 is 45.5 Å². The number of rotatable bonds is 8. The third-order valence-corrected chi connectivity index (χ3v) is 6.56. The first-order valence-electron chi connectivity index (χ1n) is 11.7. The quantitative estimate of drug-likeness (QED) is 0.256. The van der Waals surface area contributed by atoms with Crippen molar-refractivity contribution in [3.63, 3.8) is 0 Å². The molecule has 2 N–H and O–H groups in total. The van der Waals surface area contributed by atoms with E-state index in [9.17, 15) is 9.65 Å². The Kier molecular flexibility index (Phi) is 7.56. The zero-order valence-electron chi connectivity index (χ0n) is 19.6. The number of nitrogens with zero attached hydrogens (tertiary/aromatic N) is 3. The number of halogens is 3. The summed E-state index contributed by atoms with van der Waals surface area (Å²) in [5.41, 5.74) is 2.34. The van der Waals surface area contributed by atoms with Crippen molar-refractivity contribution in [2.75, 3.05) is 25.0 Å². The van der Waals surface area contributed by atoms with Gasteiger partial charge < -0.3 is 20.1 Å². The van der Waals surface area contributed by atoms with Crippen molar-refractivity contribution in [1.82, 2.24) is 15.3 Å². The van der Waals surface area contributed by atoms with E-state index in [0.29, 0.717) is 56.4 Å². The molecule has 2 aromatic heterocycles. The molecule has 0 aliphatic carbocycles. The van der Waals surface area contributed by atoms with E-state index in [1.165, 1.54) is 12.3 Å². The van der Waals surface area contributed by atoms with Crippen LogP contribution in [0.25, 0.3) is 10.9 Å². The van der Waals surface area contributed by atoms with Crippen LogP contribution in [0, 0.1) is 23.1 Å². The molecule has 10 heteroatoms. The Bertz CT molecular complexity index is 1490. The minimum atomic E-state index is -0.525. The van der Waals surface area contributed by atoms with Crippen LogP contribution >= 0.6 is 23.2 Å². The molecule has 2 aromatic carbocycles. The van der Waals surface area contributed by atoms with E-state index < -0.39 is 5.82 Å². The van der Waals surface area contributed by atoms with Gasteiger partial charge in [-0.05, 0) is 43.3 Å². The van der Waals surface area contributed by atoms with E-state index in [-0.39, 0.29) is 17.9 Å². The van der Waals surface area contributed by atoms with E-state index in [4.69, 9.17) is 32.7 Å². The van der Waals surface area contributed by atoms with Crippen molar-refractivity contribution in [3.05, 3.63) is 82.0 Å². The number of nitriles is 1. The topological polar surface area (TPSA) is 92.1 Å². The maximum atomic E-state index is 15.0. The highest BCUT2D eigenvalue weighted by atomic mass is 35.5. The SMILES string of the molecule is N#Cc1cnc2cc(OCC3CCNC3)c(F)cc2c1Nc1ccc(OCc2cccc(Cl)n2)cc1Cl. The Hall–Kier alpha value is -3.64. The fraction of sp³-hybridized carbons (Fsp3) is 0.222. The van der Waals surface area contributed by atoms with Crippen molar-refractivity contribution < 1.29 is 13.9 Å². The van der Waals surface area contributed by atoms with Crippen molar-refractivity contribution in [1.29, 1.82) is 5.26 Å². The summed E-state index contributed by atoms with van der Waals surface area (Å²) in [5.74, 6) is 0.485. The number of nitrogens with one attached hydrogen (secondary N) is 2. The van der Waals surface area contributed by atoms with Crippen LogP contribution < -0.4 is 20.1 Å². The first kappa shape index (κ1) is 25.0. The smallest absolute Gasteiger partial charge is 0.165 e. The van der Waals surface area contributed by atoms with E-state index in [0.717, 1.165) is 19.5 Å². The molecule has 0 spiro atoms. The third kappa shape index (κ3) is 5.86. The van der Waals surface area contributed by atoms with E-state index in [1.54, 1.807) is 36.4 Å². The Morgan fingerprint density at radius 2 is 2.05 bits per heavy atom.